The van der Waals surface area contributed by atoms with Crippen LogP contribution in [0.25, 0.3) is 0 Å². The van der Waals surface area contributed by atoms with Gasteiger partial charge in [0.05, 0.1) is 17.7 Å². The summed E-state index contributed by atoms with van der Waals surface area (Å²) < 4.78 is 33.9. The summed E-state index contributed by atoms with van der Waals surface area (Å²) in [5.74, 6) is 0.223. The molecule has 6 nitrogen and oxygen atoms in total. The number of hydrogen-bond donors (Lipinski definition) is 1. The molecule has 0 spiro atoms. The lowest BCUT2D eigenvalue weighted by atomic mass is 10.2. The number of rotatable bonds is 8. The highest BCUT2D eigenvalue weighted by atomic mass is 79.9. The second-order valence-electron chi connectivity index (χ2n) is 6.89. The molecule has 1 amide bonds. The number of sulfonamides is 1. The van der Waals surface area contributed by atoms with E-state index in [1.165, 1.54) is 0 Å². The molecule has 0 fully saturated rings. The van der Waals surface area contributed by atoms with E-state index in [1.54, 1.807) is 61.7 Å². The Labute approximate surface area is 191 Å². The summed E-state index contributed by atoms with van der Waals surface area (Å²) in [5.41, 5.74) is 2.14. The van der Waals surface area contributed by atoms with Crippen molar-refractivity contribution in [1.29, 1.82) is 0 Å². The van der Waals surface area contributed by atoms with E-state index in [1.807, 2.05) is 25.1 Å². The minimum atomic E-state index is -3.95. The second-order valence-corrected chi connectivity index (χ2v) is 9.67. The second kappa shape index (κ2) is 9.98. The van der Waals surface area contributed by atoms with Crippen LogP contribution in [0.15, 0.2) is 82.2 Å². The topological polar surface area (TPSA) is 75.7 Å². The third-order valence-electron chi connectivity index (χ3n) is 4.66. The first-order valence-corrected chi connectivity index (χ1v) is 11.8. The SMILES string of the molecule is COc1ccccc1CNC(=O)CN(c1cccc(Br)c1)S(=O)(=O)c1ccc(C)cc1. The molecule has 3 aromatic rings. The van der Waals surface area contributed by atoms with Crippen molar-refractivity contribution in [2.45, 2.75) is 18.4 Å². The molecule has 0 aromatic heterocycles. The molecule has 0 bridgehead atoms. The van der Waals surface area contributed by atoms with E-state index in [0.717, 1.165) is 15.4 Å². The monoisotopic (exact) mass is 502 g/mol. The van der Waals surface area contributed by atoms with E-state index in [4.69, 9.17) is 4.74 Å². The van der Waals surface area contributed by atoms with Crippen LogP contribution in [0.2, 0.25) is 0 Å². The van der Waals surface area contributed by atoms with Crippen LogP contribution in [-0.2, 0) is 21.4 Å². The molecule has 1 N–H and O–H groups in total. The lowest BCUT2D eigenvalue weighted by Gasteiger charge is -2.24. The lowest BCUT2D eigenvalue weighted by molar-refractivity contribution is -0.119. The smallest absolute Gasteiger partial charge is 0.264 e. The van der Waals surface area contributed by atoms with Crippen molar-refractivity contribution in [1.82, 2.24) is 5.32 Å². The van der Waals surface area contributed by atoms with Gasteiger partial charge in [-0.05, 0) is 43.3 Å². The van der Waals surface area contributed by atoms with Crippen molar-refractivity contribution in [3.05, 3.63) is 88.4 Å². The van der Waals surface area contributed by atoms with Crippen LogP contribution < -0.4 is 14.4 Å². The zero-order valence-electron chi connectivity index (χ0n) is 17.2. The Kier molecular flexibility index (Phi) is 7.35. The first-order chi connectivity index (χ1) is 14.8. The standard InChI is InChI=1S/C23H23BrN2O4S/c1-17-10-12-21(13-11-17)31(28,29)26(20-8-5-7-19(24)14-20)16-23(27)25-15-18-6-3-4-9-22(18)30-2/h3-14H,15-16H2,1-2H3,(H,25,27). The fraction of sp³-hybridized carbons (Fsp3) is 0.174. The molecule has 8 heteroatoms. The van der Waals surface area contributed by atoms with Crippen molar-refractivity contribution in [2.75, 3.05) is 18.0 Å². The Morgan fingerprint density at radius 3 is 2.42 bits per heavy atom. The van der Waals surface area contributed by atoms with Gasteiger partial charge in [0.1, 0.15) is 12.3 Å². The summed E-state index contributed by atoms with van der Waals surface area (Å²) >= 11 is 3.37. The summed E-state index contributed by atoms with van der Waals surface area (Å²) in [5, 5.41) is 2.78. The normalized spacial score (nSPS) is 11.1. The first kappa shape index (κ1) is 22.8. The number of para-hydroxylation sites is 1. The number of carbonyl (C=O) groups is 1. The number of aryl methyl sites for hydroxylation is 1. The molecule has 3 aromatic carbocycles. The van der Waals surface area contributed by atoms with Gasteiger partial charge in [0.15, 0.2) is 0 Å². The zero-order valence-corrected chi connectivity index (χ0v) is 19.6. The maximum atomic E-state index is 13.4. The number of ether oxygens (including phenoxy) is 1. The number of nitrogens with one attached hydrogen (secondary N) is 1. The number of halogens is 1. The molecule has 3 rings (SSSR count). The summed E-state index contributed by atoms with van der Waals surface area (Å²) in [6, 6.07) is 20.7. The van der Waals surface area contributed by atoms with Crippen molar-refractivity contribution in [2.24, 2.45) is 0 Å². The van der Waals surface area contributed by atoms with Gasteiger partial charge in [-0.15, -0.1) is 0 Å². The van der Waals surface area contributed by atoms with Crippen LogP contribution in [-0.4, -0.2) is 28.0 Å². The predicted molar refractivity (Wildman–Crippen MR) is 125 cm³/mol. The molecular weight excluding hydrogens is 480 g/mol. The minimum Gasteiger partial charge on any atom is -0.496 e. The van der Waals surface area contributed by atoms with Gasteiger partial charge in [-0.1, -0.05) is 57.9 Å². The van der Waals surface area contributed by atoms with Crippen LogP contribution in [0.1, 0.15) is 11.1 Å². The van der Waals surface area contributed by atoms with Crippen molar-refractivity contribution >= 4 is 37.5 Å². The van der Waals surface area contributed by atoms with Gasteiger partial charge in [0, 0.05) is 16.6 Å². The number of benzene rings is 3. The number of anilines is 1. The summed E-state index contributed by atoms with van der Waals surface area (Å²) in [4.78, 5) is 12.9. The maximum Gasteiger partial charge on any atom is 0.264 e. The van der Waals surface area contributed by atoms with Crippen LogP contribution in [0, 0.1) is 6.92 Å². The first-order valence-electron chi connectivity index (χ1n) is 9.55. The molecule has 0 radical (unpaired) electrons. The van der Waals surface area contributed by atoms with E-state index >= 15 is 0 Å². The summed E-state index contributed by atoms with van der Waals surface area (Å²) in [6.45, 7) is 1.75. The number of amides is 1. The van der Waals surface area contributed by atoms with E-state index in [9.17, 15) is 13.2 Å². The van der Waals surface area contributed by atoms with Gasteiger partial charge in [-0.2, -0.15) is 0 Å². The lowest BCUT2D eigenvalue weighted by Crippen LogP contribution is -2.40. The number of carbonyl (C=O) groups excluding carboxylic acids is 1. The van der Waals surface area contributed by atoms with E-state index < -0.39 is 15.9 Å². The molecule has 31 heavy (non-hydrogen) atoms. The number of methoxy groups -OCH3 is 1. The highest BCUT2D eigenvalue weighted by Gasteiger charge is 2.27. The largest absolute Gasteiger partial charge is 0.496 e. The quantitative estimate of drug-likeness (QED) is 0.498. The molecule has 0 atom stereocenters. The highest BCUT2D eigenvalue weighted by Crippen LogP contribution is 2.26. The zero-order chi connectivity index (χ0) is 22.4. The molecule has 0 aliphatic carbocycles. The van der Waals surface area contributed by atoms with E-state index in [0.29, 0.717) is 15.9 Å². The molecule has 0 saturated heterocycles. The highest BCUT2D eigenvalue weighted by molar-refractivity contribution is 9.10. The van der Waals surface area contributed by atoms with Crippen molar-refractivity contribution in [3.63, 3.8) is 0 Å². The third-order valence-corrected chi connectivity index (χ3v) is 6.94. The predicted octanol–water partition coefficient (Wildman–Crippen LogP) is 4.28. The number of hydrogen-bond acceptors (Lipinski definition) is 4. The molecule has 0 aliphatic rings. The van der Waals surface area contributed by atoms with Gasteiger partial charge in [0.2, 0.25) is 5.91 Å². The Bertz CT molecular complexity index is 1160. The molecular formula is C23H23BrN2O4S. The van der Waals surface area contributed by atoms with Gasteiger partial charge in [0.25, 0.3) is 10.0 Å². The molecule has 0 aliphatic heterocycles. The van der Waals surface area contributed by atoms with Crippen LogP contribution in [0.3, 0.4) is 0 Å². The fourth-order valence-corrected chi connectivity index (χ4v) is 4.81. The van der Waals surface area contributed by atoms with Crippen LogP contribution in [0.4, 0.5) is 5.69 Å². The Hall–Kier alpha value is -2.84. The summed E-state index contributed by atoms with van der Waals surface area (Å²) in [7, 11) is -2.39. The Morgan fingerprint density at radius 2 is 1.74 bits per heavy atom. The third kappa shape index (κ3) is 5.65. The van der Waals surface area contributed by atoms with Crippen LogP contribution >= 0.6 is 15.9 Å². The van der Waals surface area contributed by atoms with E-state index in [-0.39, 0.29) is 18.0 Å². The van der Waals surface area contributed by atoms with Crippen molar-refractivity contribution < 1.29 is 17.9 Å². The van der Waals surface area contributed by atoms with Gasteiger partial charge >= 0.3 is 0 Å². The van der Waals surface area contributed by atoms with Gasteiger partial charge in [-0.3, -0.25) is 9.10 Å². The van der Waals surface area contributed by atoms with Crippen molar-refractivity contribution in [3.8, 4) is 5.75 Å². The molecule has 0 heterocycles. The Balaban J connectivity index is 1.86. The molecule has 0 saturated carbocycles. The average molecular weight is 503 g/mol. The summed E-state index contributed by atoms with van der Waals surface area (Å²) in [6.07, 6.45) is 0. The van der Waals surface area contributed by atoms with Gasteiger partial charge < -0.3 is 10.1 Å². The minimum absolute atomic E-state index is 0.121. The van der Waals surface area contributed by atoms with Gasteiger partial charge in [-0.25, -0.2) is 8.42 Å². The molecule has 0 unspecified atom stereocenters. The van der Waals surface area contributed by atoms with Crippen LogP contribution in [0.5, 0.6) is 5.75 Å². The molecule has 162 valence electrons. The fourth-order valence-electron chi connectivity index (χ4n) is 3.01. The number of nitrogens with zero attached hydrogens (tertiary/aromatic N) is 1. The average Bonchev–Trinajstić information content (AvgIpc) is 2.76. The van der Waals surface area contributed by atoms with E-state index in [2.05, 4.69) is 21.2 Å². The Morgan fingerprint density at radius 1 is 1.03 bits per heavy atom. The maximum absolute atomic E-state index is 13.4.